The normalized spacial score (nSPS) is 15.9. The molecule has 1 rings (SSSR count). The van der Waals surface area contributed by atoms with Gasteiger partial charge >= 0.3 is 0 Å². The maximum absolute atomic E-state index is 9.90. The second-order valence-corrected chi connectivity index (χ2v) is 4.65. The molecule has 0 radical (unpaired) electrons. The minimum absolute atomic E-state index is 0.657. The quantitative estimate of drug-likeness (QED) is 0.649. The first kappa shape index (κ1) is 9.48. The highest BCUT2D eigenvalue weighted by Crippen LogP contribution is 2.22. The van der Waals surface area contributed by atoms with Crippen LogP contribution in [0.1, 0.15) is 25.8 Å². The predicted molar refractivity (Wildman–Crippen MR) is 55.9 cm³/mol. The summed E-state index contributed by atoms with van der Waals surface area (Å²) in [5, 5.41) is 11.3. The summed E-state index contributed by atoms with van der Waals surface area (Å²) in [5.41, 5.74) is 0.361. The zero-order valence-electron chi connectivity index (χ0n) is 7.96. The van der Waals surface area contributed by atoms with Crippen molar-refractivity contribution in [3.8, 4) is 0 Å². The van der Waals surface area contributed by atoms with Crippen molar-refractivity contribution in [3.05, 3.63) is 29.8 Å². The Morgan fingerprint density at radius 3 is 2.25 bits per heavy atom. The molecule has 0 spiro atoms. The van der Waals surface area contributed by atoms with Gasteiger partial charge in [0, 0.05) is 10.2 Å². The molecule has 0 fully saturated rings. The van der Waals surface area contributed by atoms with Crippen molar-refractivity contribution in [2.75, 3.05) is 0 Å². The highest BCUT2D eigenvalue weighted by atomic mass is 28.1. The molecule has 0 saturated carbocycles. The number of aliphatic hydroxyl groups is 1. The molecule has 1 nitrogen and oxygen atoms in total. The summed E-state index contributed by atoms with van der Waals surface area (Å²) in [7, 11) is 1.08. The third kappa shape index (κ3) is 1.96. The van der Waals surface area contributed by atoms with Crippen molar-refractivity contribution >= 4 is 15.4 Å². The lowest BCUT2D eigenvalue weighted by Gasteiger charge is -2.21. The lowest BCUT2D eigenvalue weighted by atomic mass is 9.94. The van der Waals surface area contributed by atoms with Crippen LogP contribution in [0.4, 0.5) is 0 Å². The third-order valence-electron chi connectivity index (χ3n) is 2.36. The molecule has 0 heterocycles. The van der Waals surface area contributed by atoms with Crippen molar-refractivity contribution in [1.82, 2.24) is 0 Å². The van der Waals surface area contributed by atoms with Gasteiger partial charge in [-0.1, -0.05) is 36.4 Å². The molecule has 0 aromatic heterocycles. The topological polar surface area (TPSA) is 20.2 Å². The van der Waals surface area contributed by atoms with Crippen molar-refractivity contribution in [3.63, 3.8) is 0 Å². The molecule has 12 heavy (non-hydrogen) atoms. The van der Waals surface area contributed by atoms with Gasteiger partial charge in [-0.05, 0) is 18.9 Å². The van der Waals surface area contributed by atoms with Crippen LogP contribution in [-0.4, -0.2) is 15.3 Å². The van der Waals surface area contributed by atoms with E-state index in [0.29, 0.717) is 0 Å². The molecule has 66 valence electrons. The molecule has 0 bridgehead atoms. The molecule has 0 aliphatic rings. The van der Waals surface area contributed by atoms with E-state index in [1.165, 1.54) is 5.19 Å². The van der Waals surface area contributed by atoms with E-state index in [1.807, 2.05) is 26.0 Å². The Kier molecular flexibility index (Phi) is 2.70. The minimum atomic E-state index is -0.657. The van der Waals surface area contributed by atoms with Gasteiger partial charge in [-0.3, -0.25) is 0 Å². The molecule has 2 heteroatoms. The summed E-state index contributed by atoms with van der Waals surface area (Å²) in [6.07, 6.45) is 0.757. The van der Waals surface area contributed by atoms with Gasteiger partial charge in [0.2, 0.25) is 0 Å². The number of hydrogen-bond donors (Lipinski definition) is 1. The van der Waals surface area contributed by atoms with Crippen LogP contribution in [0.3, 0.4) is 0 Å². The zero-order valence-corrected chi connectivity index (χ0v) is 9.96. The molecule has 0 aliphatic heterocycles. The maximum atomic E-state index is 9.90. The summed E-state index contributed by atoms with van der Waals surface area (Å²) in [6, 6.07) is 8.22. The SMILES string of the molecule is CCC(C)(O)c1ccc([SiH3])cc1. The Hall–Kier alpha value is -0.603. The van der Waals surface area contributed by atoms with Crippen LogP contribution >= 0.6 is 0 Å². The fourth-order valence-electron chi connectivity index (χ4n) is 1.12. The summed E-state index contributed by atoms with van der Waals surface area (Å²) < 4.78 is 0. The highest BCUT2D eigenvalue weighted by Gasteiger charge is 2.19. The Labute approximate surface area is 76.9 Å². The van der Waals surface area contributed by atoms with Crippen molar-refractivity contribution in [1.29, 1.82) is 0 Å². The standard InChI is InChI=1S/C10H16OSi/c1-3-10(2,11)8-4-6-9(12)7-5-8/h4-7,11H,3H2,1-2,12H3. The first-order valence-electron chi connectivity index (χ1n) is 4.36. The monoisotopic (exact) mass is 180 g/mol. The van der Waals surface area contributed by atoms with Gasteiger partial charge in [-0.15, -0.1) is 0 Å². The van der Waals surface area contributed by atoms with E-state index in [0.717, 1.165) is 22.2 Å². The van der Waals surface area contributed by atoms with Crippen LogP contribution in [-0.2, 0) is 5.60 Å². The Morgan fingerprint density at radius 2 is 1.83 bits per heavy atom. The van der Waals surface area contributed by atoms with Gasteiger partial charge < -0.3 is 5.11 Å². The van der Waals surface area contributed by atoms with Crippen LogP contribution < -0.4 is 5.19 Å². The molecule has 1 aromatic rings. The fraction of sp³-hybridized carbons (Fsp3) is 0.400. The molecule has 1 unspecified atom stereocenters. The van der Waals surface area contributed by atoms with Gasteiger partial charge in [0.1, 0.15) is 0 Å². The lowest BCUT2D eigenvalue weighted by Crippen LogP contribution is -2.20. The average molecular weight is 180 g/mol. The van der Waals surface area contributed by atoms with E-state index >= 15 is 0 Å². The van der Waals surface area contributed by atoms with E-state index in [4.69, 9.17) is 0 Å². The molecular weight excluding hydrogens is 164 g/mol. The molecule has 0 aliphatic carbocycles. The summed E-state index contributed by atoms with van der Waals surface area (Å²) in [4.78, 5) is 0. The van der Waals surface area contributed by atoms with Crippen molar-refractivity contribution in [2.45, 2.75) is 25.9 Å². The molecule has 1 atom stereocenters. The second-order valence-electron chi connectivity index (χ2n) is 3.49. The van der Waals surface area contributed by atoms with Crippen molar-refractivity contribution in [2.24, 2.45) is 0 Å². The van der Waals surface area contributed by atoms with Gasteiger partial charge in [0.25, 0.3) is 0 Å². The molecule has 0 saturated heterocycles. The Bertz CT molecular complexity index is 251. The van der Waals surface area contributed by atoms with Gasteiger partial charge in [-0.25, -0.2) is 0 Å². The number of hydrogen-bond acceptors (Lipinski definition) is 1. The van der Waals surface area contributed by atoms with E-state index in [-0.39, 0.29) is 0 Å². The van der Waals surface area contributed by atoms with E-state index in [9.17, 15) is 5.11 Å². The lowest BCUT2D eigenvalue weighted by molar-refractivity contribution is 0.0531. The minimum Gasteiger partial charge on any atom is -0.385 e. The van der Waals surface area contributed by atoms with E-state index in [2.05, 4.69) is 12.1 Å². The fourth-order valence-corrected chi connectivity index (χ4v) is 1.45. The van der Waals surface area contributed by atoms with Crippen LogP contribution in [0.2, 0.25) is 0 Å². The van der Waals surface area contributed by atoms with Gasteiger partial charge in [0.05, 0.1) is 5.60 Å². The summed E-state index contributed by atoms with van der Waals surface area (Å²) >= 11 is 0. The first-order chi connectivity index (χ1) is 5.56. The van der Waals surface area contributed by atoms with E-state index < -0.39 is 5.60 Å². The third-order valence-corrected chi connectivity index (χ3v) is 3.03. The number of rotatable bonds is 2. The van der Waals surface area contributed by atoms with Crippen LogP contribution in [0, 0.1) is 0 Å². The smallest absolute Gasteiger partial charge is 0.0865 e. The summed E-state index contributed by atoms with van der Waals surface area (Å²) in [6.45, 7) is 3.85. The molecule has 0 amide bonds. The Morgan fingerprint density at radius 1 is 1.33 bits per heavy atom. The highest BCUT2D eigenvalue weighted by molar-refractivity contribution is 6.32. The van der Waals surface area contributed by atoms with Crippen LogP contribution in [0.15, 0.2) is 24.3 Å². The van der Waals surface area contributed by atoms with Gasteiger partial charge in [-0.2, -0.15) is 0 Å². The van der Waals surface area contributed by atoms with Crippen LogP contribution in [0.5, 0.6) is 0 Å². The molecule has 1 aromatic carbocycles. The first-order valence-corrected chi connectivity index (χ1v) is 5.36. The van der Waals surface area contributed by atoms with Crippen molar-refractivity contribution < 1.29 is 5.11 Å². The van der Waals surface area contributed by atoms with E-state index in [1.54, 1.807) is 0 Å². The Balaban J connectivity index is 2.96. The zero-order chi connectivity index (χ0) is 9.19. The predicted octanol–water partition coefficient (Wildman–Crippen LogP) is 0.295. The second kappa shape index (κ2) is 3.41. The average Bonchev–Trinajstić information content (AvgIpc) is 2.05. The summed E-state index contributed by atoms with van der Waals surface area (Å²) in [5.74, 6) is 0. The number of benzene rings is 1. The molecule has 1 N–H and O–H groups in total. The van der Waals surface area contributed by atoms with Crippen LogP contribution in [0.25, 0.3) is 0 Å². The maximum Gasteiger partial charge on any atom is 0.0865 e. The van der Waals surface area contributed by atoms with Gasteiger partial charge in [0.15, 0.2) is 0 Å². The molecular formula is C10H16OSi. The largest absolute Gasteiger partial charge is 0.385 e.